The van der Waals surface area contributed by atoms with Gasteiger partial charge in [0.05, 0.1) is 4.75 Å². The first-order chi connectivity index (χ1) is 8.09. The Hall–Kier alpha value is -0.620. The predicted molar refractivity (Wildman–Crippen MR) is 69.9 cm³/mol. The van der Waals surface area contributed by atoms with E-state index in [2.05, 4.69) is 0 Å². The highest BCUT2D eigenvalue weighted by Crippen LogP contribution is 2.39. The molecule has 1 fully saturated rings. The van der Waals surface area contributed by atoms with Gasteiger partial charge in [-0.25, -0.2) is 8.42 Å². The van der Waals surface area contributed by atoms with Gasteiger partial charge in [-0.2, -0.15) is 4.31 Å². The Morgan fingerprint density at radius 3 is 2.33 bits per heavy atom. The van der Waals surface area contributed by atoms with Crippen LogP contribution >= 0.6 is 0 Å². The van der Waals surface area contributed by atoms with Crippen molar-refractivity contribution in [1.29, 1.82) is 0 Å². The van der Waals surface area contributed by atoms with Gasteiger partial charge in [-0.1, -0.05) is 13.3 Å². The third-order valence-electron chi connectivity index (χ3n) is 3.55. The minimum absolute atomic E-state index is 0.311. The van der Waals surface area contributed by atoms with E-state index in [1.165, 1.54) is 4.31 Å². The quantitative estimate of drug-likeness (QED) is 0.850. The maximum atomic E-state index is 12.5. The van der Waals surface area contributed by atoms with Crippen molar-refractivity contribution >= 4 is 16.0 Å². The molecule has 1 aliphatic rings. The van der Waals surface area contributed by atoms with Crippen LogP contribution < -0.4 is 0 Å². The summed E-state index contributed by atoms with van der Waals surface area (Å²) in [6.07, 6.45) is 2.05. The van der Waals surface area contributed by atoms with Crippen LogP contribution in [0.1, 0.15) is 53.4 Å². The molecule has 5 nitrogen and oxygen atoms in total. The summed E-state index contributed by atoms with van der Waals surface area (Å²) in [7, 11) is -3.60. The lowest BCUT2D eigenvalue weighted by molar-refractivity contribution is -0.147. The Bertz CT molecular complexity index is 424. The third-order valence-corrected chi connectivity index (χ3v) is 6.21. The Kier molecular flexibility index (Phi) is 4.13. The van der Waals surface area contributed by atoms with E-state index in [9.17, 15) is 18.3 Å². The van der Waals surface area contributed by atoms with Crippen molar-refractivity contribution in [2.75, 3.05) is 6.54 Å². The Labute approximate surface area is 109 Å². The maximum Gasteiger partial charge on any atom is 0.325 e. The molecule has 18 heavy (non-hydrogen) atoms. The van der Waals surface area contributed by atoms with Crippen LogP contribution in [0.2, 0.25) is 0 Å². The van der Waals surface area contributed by atoms with Crippen molar-refractivity contribution in [2.45, 2.75) is 63.7 Å². The van der Waals surface area contributed by atoms with E-state index in [1.54, 1.807) is 20.8 Å². The van der Waals surface area contributed by atoms with Crippen LogP contribution in [0.3, 0.4) is 0 Å². The second-order valence-electron chi connectivity index (χ2n) is 5.88. The van der Waals surface area contributed by atoms with Crippen LogP contribution in [0.25, 0.3) is 0 Å². The summed E-state index contributed by atoms with van der Waals surface area (Å²) in [6.45, 7) is 7.02. The largest absolute Gasteiger partial charge is 0.480 e. The fourth-order valence-electron chi connectivity index (χ4n) is 2.52. The number of nitrogens with zero attached hydrogens (tertiary/aromatic N) is 1. The van der Waals surface area contributed by atoms with E-state index in [-0.39, 0.29) is 0 Å². The number of aliphatic carboxylic acids is 1. The molecule has 0 aliphatic carbocycles. The second kappa shape index (κ2) is 4.81. The highest BCUT2D eigenvalue weighted by molar-refractivity contribution is 7.90. The molecular weight excluding hydrogens is 254 g/mol. The Morgan fingerprint density at radius 1 is 1.39 bits per heavy atom. The molecule has 1 aliphatic heterocycles. The van der Waals surface area contributed by atoms with E-state index in [0.29, 0.717) is 32.2 Å². The molecule has 0 radical (unpaired) electrons. The first kappa shape index (κ1) is 15.4. The highest BCUT2D eigenvalue weighted by Gasteiger charge is 2.54. The lowest BCUT2D eigenvalue weighted by Gasteiger charge is -2.37. The zero-order valence-electron chi connectivity index (χ0n) is 11.6. The van der Waals surface area contributed by atoms with Crippen LogP contribution in [0.15, 0.2) is 0 Å². The summed E-state index contributed by atoms with van der Waals surface area (Å²) >= 11 is 0. The molecule has 1 N–H and O–H groups in total. The summed E-state index contributed by atoms with van der Waals surface area (Å²) in [5.74, 6) is -1.02. The molecule has 0 bridgehead atoms. The van der Waals surface area contributed by atoms with Crippen LogP contribution in [0, 0.1) is 0 Å². The molecule has 0 aromatic heterocycles. The molecule has 0 aromatic rings. The Balaban J connectivity index is 3.27. The van der Waals surface area contributed by atoms with Gasteiger partial charge in [-0.15, -0.1) is 0 Å². The molecular formula is C12H23NO4S. The van der Waals surface area contributed by atoms with E-state index < -0.39 is 26.3 Å². The van der Waals surface area contributed by atoms with Crippen molar-refractivity contribution in [3.8, 4) is 0 Å². The van der Waals surface area contributed by atoms with Gasteiger partial charge in [-0.05, 0) is 40.0 Å². The molecule has 0 spiro atoms. The van der Waals surface area contributed by atoms with Gasteiger partial charge >= 0.3 is 5.97 Å². The van der Waals surface area contributed by atoms with Crippen molar-refractivity contribution < 1.29 is 18.3 Å². The normalized spacial score (nSPS) is 26.4. The number of rotatable bonds is 4. The minimum Gasteiger partial charge on any atom is -0.480 e. The van der Waals surface area contributed by atoms with Gasteiger partial charge in [0.1, 0.15) is 5.54 Å². The SMILES string of the molecule is CCCC1(C(=O)O)CCCN1S(=O)(=O)C(C)(C)C. The molecule has 106 valence electrons. The van der Waals surface area contributed by atoms with Crippen LogP contribution in [0.4, 0.5) is 0 Å². The van der Waals surface area contributed by atoms with E-state index in [0.717, 1.165) is 0 Å². The lowest BCUT2D eigenvalue weighted by atomic mass is 9.92. The number of carboxylic acid groups (broad SMARTS) is 1. The summed E-state index contributed by atoms with van der Waals surface area (Å²) in [5.41, 5.74) is -1.24. The Morgan fingerprint density at radius 2 is 1.94 bits per heavy atom. The fourth-order valence-corrected chi connectivity index (χ4v) is 4.27. The van der Waals surface area contributed by atoms with E-state index in [4.69, 9.17) is 0 Å². The topological polar surface area (TPSA) is 74.7 Å². The van der Waals surface area contributed by atoms with Crippen molar-refractivity contribution in [1.82, 2.24) is 4.31 Å². The fraction of sp³-hybridized carbons (Fsp3) is 0.917. The van der Waals surface area contributed by atoms with Crippen LogP contribution in [-0.2, 0) is 14.8 Å². The van der Waals surface area contributed by atoms with Gasteiger partial charge < -0.3 is 5.11 Å². The standard InChI is InChI=1S/C12H23NO4S/c1-5-7-12(10(14)15)8-6-9-13(12)18(16,17)11(2,3)4/h5-9H2,1-4H3,(H,14,15). The summed E-state index contributed by atoms with van der Waals surface area (Å²) < 4.78 is 25.3. The molecule has 1 heterocycles. The average molecular weight is 277 g/mol. The summed E-state index contributed by atoms with van der Waals surface area (Å²) in [6, 6.07) is 0. The third kappa shape index (κ3) is 2.28. The monoisotopic (exact) mass is 277 g/mol. The zero-order valence-corrected chi connectivity index (χ0v) is 12.4. The molecule has 1 atom stereocenters. The number of sulfonamides is 1. The number of carboxylic acids is 1. The second-order valence-corrected chi connectivity index (χ2v) is 8.50. The van der Waals surface area contributed by atoms with E-state index in [1.807, 2.05) is 6.92 Å². The van der Waals surface area contributed by atoms with Crippen molar-refractivity contribution in [3.63, 3.8) is 0 Å². The smallest absolute Gasteiger partial charge is 0.325 e. The average Bonchev–Trinajstić information content (AvgIpc) is 2.62. The molecule has 0 amide bonds. The minimum atomic E-state index is -3.60. The lowest BCUT2D eigenvalue weighted by Crippen LogP contribution is -2.56. The molecule has 0 saturated carbocycles. The van der Waals surface area contributed by atoms with Crippen LogP contribution in [0.5, 0.6) is 0 Å². The molecule has 0 aromatic carbocycles. The molecule has 1 rings (SSSR count). The zero-order chi connectivity index (χ0) is 14.2. The molecule has 6 heteroatoms. The summed E-state index contributed by atoms with van der Waals surface area (Å²) in [4.78, 5) is 11.6. The first-order valence-corrected chi connectivity index (χ1v) is 7.79. The number of hydrogen-bond acceptors (Lipinski definition) is 3. The van der Waals surface area contributed by atoms with Gasteiger partial charge in [0, 0.05) is 6.54 Å². The van der Waals surface area contributed by atoms with Crippen molar-refractivity contribution in [3.05, 3.63) is 0 Å². The maximum absolute atomic E-state index is 12.5. The van der Waals surface area contributed by atoms with E-state index >= 15 is 0 Å². The predicted octanol–water partition coefficient (Wildman–Crippen LogP) is 1.83. The first-order valence-electron chi connectivity index (χ1n) is 6.35. The van der Waals surface area contributed by atoms with Gasteiger partial charge in [0.15, 0.2) is 0 Å². The molecule has 1 unspecified atom stereocenters. The number of hydrogen-bond donors (Lipinski definition) is 1. The number of carbonyl (C=O) groups is 1. The van der Waals surface area contributed by atoms with Gasteiger partial charge in [0.2, 0.25) is 10.0 Å². The summed E-state index contributed by atoms with van der Waals surface area (Å²) in [5, 5.41) is 9.49. The highest BCUT2D eigenvalue weighted by atomic mass is 32.2. The van der Waals surface area contributed by atoms with Crippen LogP contribution in [-0.4, -0.2) is 40.6 Å². The van der Waals surface area contributed by atoms with Gasteiger partial charge in [-0.3, -0.25) is 4.79 Å². The van der Waals surface area contributed by atoms with Crippen molar-refractivity contribution in [2.24, 2.45) is 0 Å². The van der Waals surface area contributed by atoms with Gasteiger partial charge in [0.25, 0.3) is 0 Å². The molecule has 1 saturated heterocycles.